The fraction of sp³-hybridized carbons (Fsp3) is 0.375. The van der Waals surface area contributed by atoms with Gasteiger partial charge in [0, 0.05) is 48.9 Å². The van der Waals surface area contributed by atoms with Crippen molar-refractivity contribution in [3.8, 4) is 11.3 Å². The van der Waals surface area contributed by atoms with E-state index in [0.29, 0.717) is 23.3 Å². The van der Waals surface area contributed by atoms with E-state index in [0.717, 1.165) is 56.7 Å². The van der Waals surface area contributed by atoms with E-state index < -0.39 is 0 Å². The van der Waals surface area contributed by atoms with Crippen LogP contribution in [0.4, 0.5) is 5.82 Å². The number of nitrogen functional groups attached to an aromatic ring is 1. The number of hydrogen-bond donors (Lipinski definition) is 1. The first kappa shape index (κ1) is 19.0. The third-order valence-electron chi connectivity index (χ3n) is 6.40. The Balaban J connectivity index is 1.34. The average molecular weight is 402 g/mol. The van der Waals surface area contributed by atoms with Gasteiger partial charge in [-0.05, 0) is 43.4 Å². The number of pyridine rings is 1. The van der Waals surface area contributed by atoms with Gasteiger partial charge < -0.3 is 15.2 Å². The lowest BCUT2D eigenvalue weighted by molar-refractivity contribution is 0.119. The molecule has 2 bridgehead atoms. The Labute approximate surface area is 176 Å². The van der Waals surface area contributed by atoms with Gasteiger partial charge in [0.1, 0.15) is 12.1 Å². The van der Waals surface area contributed by atoms with Gasteiger partial charge >= 0.3 is 0 Å². The monoisotopic (exact) mass is 401 g/mol. The topological polar surface area (TPSA) is 77.0 Å². The number of benzene rings is 1. The zero-order valence-corrected chi connectivity index (χ0v) is 17.1. The van der Waals surface area contributed by atoms with E-state index >= 15 is 0 Å². The number of rotatable bonds is 5. The Morgan fingerprint density at radius 2 is 1.90 bits per heavy atom. The Morgan fingerprint density at radius 1 is 1.03 bits per heavy atom. The highest BCUT2D eigenvalue weighted by Gasteiger charge is 2.34. The molecule has 0 spiro atoms. The number of aromatic nitrogens is 3. The largest absolute Gasteiger partial charge is 0.384 e. The van der Waals surface area contributed by atoms with E-state index in [9.17, 15) is 4.79 Å². The maximum Gasteiger partial charge on any atom is 0.251 e. The summed E-state index contributed by atoms with van der Waals surface area (Å²) in [5, 5.41) is 0. The van der Waals surface area contributed by atoms with E-state index in [1.165, 1.54) is 11.9 Å². The van der Waals surface area contributed by atoms with Crippen LogP contribution in [0, 0.1) is 5.92 Å². The number of nitrogens with two attached hydrogens (primary N) is 1. The van der Waals surface area contributed by atoms with Crippen LogP contribution in [0.1, 0.15) is 30.0 Å². The lowest BCUT2D eigenvalue weighted by Crippen LogP contribution is -2.47. The molecule has 1 aromatic carbocycles. The van der Waals surface area contributed by atoms with E-state index in [1.54, 1.807) is 12.1 Å². The van der Waals surface area contributed by atoms with Crippen LogP contribution in [0.15, 0.2) is 59.7 Å². The highest BCUT2D eigenvalue weighted by molar-refractivity contribution is 5.61. The molecule has 2 N–H and O–H groups in total. The summed E-state index contributed by atoms with van der Waals surface area (Å²) >= 11 is 0. The lowest BCUT2D eigenvalue weighted by Gasteiger charge is -2.43. The third kappa shape index (κ3) is 3.87. The first-order valence-corrected chi connectivity index (χ1v) is 10.7. The first-order valence-electron chi connectivity index (χ1n) is 10.7. The number of anilines is 1. The molecule has 154 valence electrons. The molecule has 2 aliphatic heterocycles. The van der Waals surface area contributed by atoms with Crippen molar-refractivity contribution >= 4 is 5.82 Å². The second-order valence-electron chi connectivity index (χ2n) is 8.59. The van der Waals surface area contributed by atoms with Gasteiger partial charge in [0.05, 0.1) is 5.69 Å². The predicted octanol–water partition coefficient (Wildman–Crippen LogP) is 2.94. The van der Waals surface area contributed by atoms with Crippen LogP contribution in [0.3, 0.4) is 0 Å². The van der Waals surface area contributed by atoms with Crippen molar-refractivity contribution in [1.29, 1.82) is 0 Å². The van der Waals surface area contributed by atoms with Crippen molar-refractivity contribution in [2.24, 2.45) is 5.92 Å². The minimum atomic E-state index is 0.0620. The fourth-order valence-electron chi connectivity index (χ4n) is 5.07. The minimum absolute atomic E-state index is 0.0620. The van der Waals surface area contributed by atoms with Crippen molar-refractivity contribution in [3.63, 3.8) is 0 Å². The molecule has 30 heavy (non-hydrogen) atoms. The third-order valence-corrected chi connectivity index (χ3v) is 6.40. The van der Waals surface area contributed by atoms with E-state index in [1.807, 2.05) is 4.57 Å². The standard InChI is InChI=1S/C24H27N5O/c25-23-12-21(26-16-27-23)19-10-22-20-9-18(14-29(22)24(30)11-19)13-28(15-20)8-4-7-17-5-2-1-3-6-17/h1-3,5-6,10-12,16,18,20H,4,7-9,13-15H2,(H2,25,26,27)/t18-,20+/m0/s1. The Kier molecular flexibility index (Phi) is 5.09. The first-order chi connectivity index (χ1) is 14.7. The molecule has 0 unspecified atom stereocenters. The van der Waals surface area contributed by atoms with Gasteiger partial charge in [0.2, 0.25) is 0 Å². The Morgan fingerprint density at radius 3 is 2.73 bits per heavy atom. The van der Waals surface area contributed by atoms with Gasteiger partial charge in [-0.25, -0.2) is 9.97 Å². The van der Waals surface area contributed by atoms with Gasteiger partial charge in [-0.1, -0.05) is 30.3 Å². The van der Waals surface area contributed by atoms with E-state index in [2.05, 4.69) is 51.3 Å². The van der Waals surface area contributed by atoms with Crippen molar-refractivity contribution in [2.75, 3.05) is 25.4 Å². The quantitative estimate of drug-likeness (QED) is 0.711. The van der Waals surface area contributed by atoms with Crippen LogP contribution >= 0.6 is 0 Å². The summed E-state index contributed by atoms with van der Waals surface area (Å²) in [5.74, 6) is 1.35. The van der Waals surface area contributed by atoms with Crippen LogP contribution in [-0.2, 0) is 13.0 Å². The molecule has 1 fully saturated rings. The molecule has 2 aliphatic rings. The number of fused-ring (bicyclic) bond motifs is 4. The summed E-state index contributed by atoms with van der Waals surface area (Å²) in [5.41, 5.74) is 9.96. The number of piperidine rings is 1. The normalized spacial score (nSPS) is 20.7. The van der Waals surface area contributed by atoms with Crippen LogP contribution in [-0.4, -0.2) is 39.1 Å². The van der Waals surface area contributed by atoms with Crippen molar-refractivity contribution < 1.29 is 0 Å². The molecule has 2 aromatic heterocycles. The molecule has 0 saturated carbocycles. The van der Waals surface area contributed by atoms with Crippen LogP contribution in [0.25, 0.3) is 11.3 Å². The van der Waals surface area contributed by atoms with Gasteiger partial charge in [-0.3, -0.25) is 4.79 Å². The van der Waals surface area contributed by atoms with Crippen molar-refractivity contribution in [2.45, 2.75) is 31.7 Å². The number of likely N-dealkylation sites (tertiary alicyclic amines) is 1. The highest BCUT2D eigenvalue weighted by atomic mass is 16.1. The molecule has 2 atom stereocenters. The summed E-state index contributed by atoms with van der Waals surface area (Å²) < 4.78 is 1.98. The summed E-state index contributed by atoms with van der Waals surface area (Å²) in [6, 6.07) is 16.2. The van der Waals surface area contributed by atoms with Gasteiger partial charge in [-0.15, -0.1) is 0 Å². The molecule has 1 saturated heterocycles. The smallest absolute Gasteiger partial charge is 0.251 e. The number of aryl methyl sites for hydroxylation is 1. The van der Waals surface area contributed by atoms with Crippen molar-refractivity contribution in [1.82, 2.24) is 19.4 Å². The van der Waals surface area contributed by atoms with Gasteiger partial charge in [0.25, 0.3) is 5.56 Å². The van der Waals surface area contributed by atoms with E-state index in [-0.39, 0.29) is 5.56 Å². The van der Waals surface area contributed by atoms with Gasteiger partial charge in [-0.2, -0.15) is 0 Å². The molecule has 0 amide bonds. The van der Waals surface area contributed by atoms with Gasteiger partial charge in [0.15, 0.2) is 0 Å². The second-order valence-corrected chi connectivity index (χ2v) is 8.59. The molecule has 5 rings (SSSR count). The summed E-state index contributed by atoms with van der Waals surface area (Å²) in [7, 11) is 0. The Hall–Kier alpha value is -2.99. The van der Waals surface area contributed by atoms with Crippen LogP contribution < -0.4 is 11.3 Å². The molecular weight excluding hydrogens is 374 g/mol. The number of hydrogen-bond acceptors (Lipinski definition) is 5. The zero-order valence-electron chi connectivity index (χ0n) is 17.1. The molecule has 3 aromatic rings. The molecule has 4 heterocycles. The average Bonchev–Trinajstić information content (AvgIpc) is 2.75. The van der Waals surface area contributed by atoms with Crippen molar-refractivity contribution in [3.05, 3.63) is 76.5 Å². The minimum Gasteiger partial charge on any atom is -0.384 e. The fourth-order valence-corrected chi connectivity index (χ4v) is 5.07. The van der Waals surface area contributed by atoms with Crippen LogP contribution in [0.2, 0.25) is 0 Å². The summed E-state index contributed by atoms with van der Waals surface area (Å²) in [4.78, 5) is 23.7. The Bertz CT molecular complexity index is 1090. The highest BCUT2D eigenvalue weighted by Crippen LogP contribution is 2.36. The predicted molar refractivity (Wildman–Crippen MR) is 118 cm³/mol. The summed E-state index contributed by atoms with van der Waals surface area (Å²) in [6.45, 7) is 4.02. The SMILES string of the molecule is Nc1cc(-c2cc3n(c(=O)c2)C[C@H]2C[C@@H]3CN(CCCc3ccccc3)C2)ncn1. The molecule has 6 nitrogen and oxygen atoms in total. The molecule has 0 aliphatic carbocycles. The molecule has 0 radical (unpaired) electrons. The number of nitrogens with zero attached hydrogens (tertiary/aromatic N) is 4. The maximum absolute atomic E-state index is 12.9. The molecular formula is C24H27N5O. The summed E-state index contributed by atoms with van der Waals surface area (Å²) in [6.07, 6.45) is 4.88. The maximum atomic E-state index is 12.9. The second kappa shape index (κ2) is 8.03. The van der Waals surface area contributed by atoms with Crippen LogP contribution in [0.5, 0.6) is 0 Å². The lowest BCUT2D eigenvalue weighted by atomic mass is 9.82. The van der Waals surface area contributed by atoms with E-state index in [4.69, 9.17) is 5.73 Å². The zero-order chi connectivity index (χ0) is 20.5. The molecule has 6 heteroatoms.